The predicted molar refractivity (Wildman–Crippen MR) is 97.7 cm³/mol. The van der Waals surface area contributed by atoms with Gasteiger partial charge in [0.05, 0.1) is 25.8 Å². The van der Waals surface area contributed by atoms with Gasteiger partial charge in [-0.05, 0) is 29.6 Å². The molecule has 4 nitrogen and oxygen atoms in total. The number of rotatable bonds is 5. The van der Waals surface area contributed by atoms with Gasteiger partial charge in [-0.25, -0.2) is 0 Å². The average molecular weight is 395 g/mol. The highest BCUT2D eigenvalue weighted by atomic mass is 79.9. The van der Waals surface area contributed by atoms with E-state index in [2.05, 4.69) is 43.3 Å². The highest BCUT2D eigenvalue weighted by Crippen LogP contribution is 2.26. The summed E-state index contributed by atoms with van der Waals surface area (Å²) in [6, 6.07) is 9.87. The number of hydrogen-bond donors (Lipinski definition) is 1. The van der Waals surface area contributed by atoms with Crippen molar-refractivity contribution < 1.29 is 9.84 Å². The molecule has 0 amide bonds. The van der Waals surface area contributed by atoms with E-state index in [0.29, 0.717) is 6.54 Å². The van der Waals surface area contributed by atoms with Crippen molar-refractivity contribution >= 4 is 33.5 Å². The van der Waals surface area contributed by atoms with Crippen molar-refractivity contribution in [2.75, 3.05) is 32.8 Å². The van der Waals surface area contributed by atoms with E-state index in [0.717, 1.165) is 36.3 Å². The molecule has 1 aromatic carbocycles. The minimum absolute atomic E-state index is 0.246. The number of phenols is 1. The molecular formula is C17H19BrN2O2S. The summed E-state index contributed by atoms with van der Waals surface area (Å²) >= 11 is 5.18. The van der Waals surface area contributed by atoms with Crippen LogP contribution >= 0.6 is 27.3 Å². The molecule has 0 spiro atoms. The van der Waals surface area contributed by atoms with Crippen LogP contribution in [-0.4, -0.2) is 49.1 Å². The minimum atomic E-state index is 0.246. The largest absolute Gasteiger partial charge is 0.507 e. The number of thiophene rings is 1. The van der Waals surface area contributed by atoms with Crippen LogP contribution in [0.2, 0.25) is 0 Å². The molecule has 122 valence electrons. The molecule has 1 saturated heterocycles. The number of phenolic OH excluding ortho intramolecular Hbond substituents is 1. The van der Waals surface area contributed by atoms with Crippen LogP contribution in [0, 0.1) is 0 Å². The minimum Gasteiger partial charge on any atom is -0.507 e. The number of ether oxygens (including phenoxy) is 1. The van der Waals surface area contributed by atoms with Gasteiger partial charge in [0.15, 0.2) is 0 Å². The van der Waals surface area contributed by atoms with Gasteiger partial charge in [-0.2, -0.15) is 0 Å². The Morgan fingerprint density at radius 2 is 2.17 bits per heavy atom. The summed E-state index contributed by atoms with van der Waals surface area (Å²) in [6.45, 7) is 4.09. The van der Waals surface area contributed by atoms with Gasteiger partial charge in [-0.3, -0.25) is 9.89 Å². The zero-order valence-electron chi connectivity index (χ0n) is 12.7. The highest BCUT2D eigenvalue weighted by molar-refractivity contribution is 9.10. The maximum atomic E-state index is 9.90. The summed E-state index contributed by atoms with van der Waals surface area (Å²) in [6.07, 6.45) is 1.75. The molecule has 1 aliphatic rings. The number of halogens is 1. The molecule has 23 heavy (non-hydrogen) atoms. The molecule has 0 radical (unpaired) electrons. The molecular weight excluding hydrogens is 376 g/mol. The van der Waals surface area contributed by atoms with Crippen molar-refractivity contribution in [3.8, 4) is 5.75 Å². The lowest BCUT2D eigenvalue weighted by Crippen LogP contribution is -2.39. The highest BCUT2D eigenvalue weighted by Gasteiger charge is 2.22. The molecule has 1 fully saturated rings. The zero-order chi connectivity index (χ0) is 16.1. The van der Waals surface area contributed by atoms with Gasteiger partial charge >= 0.3 is 0 Å². The van der Waals surface area contributed by atoms with Crippen molar-refractivity contribution in [1.29, 1.82) is 0 Å². The normalized spacial score (nSPS) is 17.6. The molecule has 0 saturated carbocycles. The Balaban J connectivity index is 1.73. The van der Waals surface area contributed by atoms with Crippen molar-refractivity contribution in [3.63, 3.8) is 0 Å². The van der Waals surface area contributed by atoms with Crippen molar-refractivity contribution in [3.05, 3.63) is 50.6 Å². The van der Waals surface area contributed by atoms with E-state index >= 15 is 0 Å². The van der Waals surface area contributed by atoms with Crippen LogP contribution in [0.15, 0.2) is 45.2 Å². The fraction of sp³-hybridized carbons (Fsp3) is 0.353. The van der Waals surface area contributed by atoms with Crippen molar-refractivity contribution in [2.24, 2.45) is 4.99 Å². The first-order valence-electron chi connectivity index (χ1n) is 7.57. The SMILES string of the molecule is Oc1ccc(Br)cc1C=NC[C@@H](c1cccs1)N1CCOCC1. The maximum absolute atomic E-state index is 9.90. The monoisotopic (exact) mass is 394 g/mol. The number of hydrogen-bond acceptors (Lipinski definition) is 5. The Hall–Kier alpha value is -1.21. The fourth-order valence-corrected chi connectivity index (χ4v) is 3.87. The number of aliphatic imine (C=N–C) groups is 1. The van der Waals surface area contributed by atoms with Crippen LogP contribution in [0.25, 0.3) is 0 Å². The maximum Gasteiger partial charge on any atom is 0.124 e. The third kappa shape index (κ3) is 4.41. The molecule has 1 aliphatic heterocycles. The lowest BCUT2D eigenvalue weighted by molar-refractivity contribution is 0.0187. The lowest BCUT2D eigenvalue weighted by Gasteiger charge is -2.33. The number of nitrogens with zero attached hydrogens (tertiary/aromatic N) is 2. The Labute approximate surface area is 148 Å². The summed E-state index contributed by atoms with van der Waals surface area (Å²) < 4.78 is 6.39. The summed E-state index contributed by atoms with van der Waals surface area (Å²) in [5.41, 5.74) is 0.728. The lowest BCUT2D eigenvalue weighted by atomic mass is 10.2. The molecule has 2 heterocycles. The van der Waals surface area contributed by atoms with Gasteiger partial charge in [0.2, 0.25) is 0 Å². The van der Waals surface area contributed by atoms with E-state index in [-0.39, 0.29) is 11.8 Å². The van der Waals surface area contributed by atoms with Crippen LogP contribution in [0.3, 0.4) is 0 Å². The average Bonchev–Trinajstić information content (AvgIpc) is 3.09. The topological polar surface area (TPSA) is 45.1 Å². The first-order chi connectivity index (χ1) is 11.2. The first-order valence-corrected chi connectivity index (χ1v) is 9.25. The van der Waals surface area contributed by atoms with E-state index in [9.17, 15) is 5.11 Å². The van der Waals surface area contributed by atoms with E-state index in [4.69, 9.17) is 4.74 Å². The van der Waals surface area contributed by atoms with Gasteiger partial charge in [0.25, 0.3) is 0 Å². The van der Waals surface area contributed by atoms with Gasteiger partial charge in [0.1, 0.15) is 5.75 Å². The second kappa shape index (κ2) is 8.06. The fourth-order valence-electron chi connectivity index (χ4n) is 2.64. The summed E-state index contributed by atoms with van der Waals surface area (Å²) in [5.74, 6) is 0.246. The zero-order valence-corrected chi connectivity index (χ0v) is 15.1. The molecule has 1 N–H and O–H groups in total. The molecule has 0 unspecified atom stereocenters. The first kappa shape index (κ1) is 16.6. The molecule has 1 atom stereocenters. The van der Waals surface area contributed by atoms with E-state index in [1.165, 1.54) is 4.88 Å². The Morgan fingerprint density at radius 3 is 2.91 bits per heavy atom. The number of aromatic hydroxyl groups is 1. The Morgan fingerprint density at radius 1 is 1.35 bits per heavy atom. The molecule has 0 bridgehead atoms. The molecule has 3 rings (SSSR count). The third-order valence-electron chi connectivity index (χ3n) is 3.86. The van der Waals surface area contributed by atoms with Crippen LogP contribution < -0.4 is 0 Å². The van der Waals surface area contributed by atoms with Crippen LogP contribution in [0.5, 0.6) is 5.75 Å². The van der Waals surface area contributed by atoms with E-state index < -0.39 is 0 Å². The second-order valence-corrected chi connectivity index (χ2v) is 7.27. The van der Waals surface area contributed by atoms with E-state index in [1.54, 1.807) is 23.6 Å². The van der Waals surface area contributed by atoms with Gasteiger partial charge < -0.3 is 9.84 Å². The quantitative estimate of drug-likeness (QED) is 0.786. The second-order valence-electron chi connectivity index (χ2n) is 5.38. The van der Waals surface area contributed by atoms with Crippen LogP contribution in [-0.2, 0) is 4.74 Å². The summed E-state index contributed by atoms with van der Waals surface area (Å²) in [7, 11) is 0. The van der Waals surface area contributed by atoms with Crippen molar-refractivity contribution in [2.45, 2.75) is 6.04 Å². The Bertz CT molecular complexity index is 655. The molecule has 0 aliphatic carbocycles. The standard InChI is InChI=1S/C17H19BrN2O2S/c18-14-3-4-16(21)13(10-14)11-19-12-15(17-2-1-9-23-17)20-5-7-22-8-6-20/h1-4,9-11,15,21H,5-8,12H2/t15-/m0/s1. The molecule has 6 heteroatoms. The Kier molecular flexibility index (Phi) is 5.83. The number of benzene rings is 1. The summed E-state index contributed by atoms with van der Waals surface area (Å²) in [4.78, 5) is 8.34. The van der Waals surface area contributed by atoms with E-state index in [1.807, 2.05) is 12.1 Å². The van der Waals surface area contributed by atoms with Crippen molar-refractivity contribution in [1.82, 2.24) is 4.90 Å². The number of morpholine rings is 1. The van der Waals surface area contributed by atoms with Gasteiger partial charge in [-0.1, -0.05) is 22.0 Å². The third-order valence-corrected chi connectivity index (χ3v) is 5.32. The van der Waals surface area contributed by atoms with Crippen LogP contribution in [0.1, 0.15) is 16.5 Å². The van der Waals surface area contributed by atoms with Crippen LogP contribution in [0.4, 0.5) is 0 Å². The smallest absolute Gasteiger partial charge is 0.124 e. The van der Waals surface area contributed by atoms with Gasteiger partial charge in [0, 0.05) is 34.2 Å². The molecule has 1 aromatic heterocycles. The molecule has 2 aromatic rings. The van der Waals surface area contributed by atoms with Gasteiger partial charge in [-0.15, -0.1) is 11.3 Å². The summed E-state index contributed by atoms with van der Waals surface area (Å²) in [5, 5.41) is 12.0. The predicted octanol–water partition coefficient (Wildman–Crippen LogP) is 3.71.